The molecule has 3 aromatic rings. The minimum absolute atomic E-state index is 0.0533. The number of hydrogen-bond donors (Lipinski definition) is 4. The second kappa shape index (κ2) is 7.28. The molecule has 1 fully saturated rings. The number of ether oxygens (including phenoxy) is 1. The smallest absolute Gasteiger partial charge is 0.335 e. The molecule has 1 aliphatic heterocycles. The van der Waals surface area contributed by atoms with Crippen LogP contribution < -0.4 is 11.4 Å². The van der Waals surface area contributed by atoms with Crippen LogP contribution in [0.25, 0.3) is 11.2 Å². The molecule has 5 N–H and O–H groups in total. The van der Waals surface area contributed by atoms with Gasteiger partial charge in [-0.1, -0.05) is 12.1 Å². The second-order valence-electron chi connectivity index (χ2n) is 6.82. The molecule has 152 valence electrons. The van der Waals surface area contributed by atoms with E-state index < -0.39 is 30.1 Å². The summed E-state index contributed by atoms with van der Waals surface area (Å²) in [6, 6.07) is 6.22. The number of nitrogen functional groups attached to an aromatic ring is 1. The fourth-order valence-corrected chi connectivity index (χ4v) is 3.52. The van der Waals surface area contributed by atoms with Gasteiger partial charge in [-0.2, -0.15) is 4.98 Å². The number of aromatic nitrogens is 4. The predicted molar refractivity (Wildman–Crippen MR) is 100 cm³/mol. The van der Waals surface area contributed by atoms with Crippen molar-refractivity contribution in [2.24, 2.45) is 0 Å². The highest BCUT2D eigenvalue weighted by atomic mass is 16.5. The molecule has 11 heteroatoms. The Morgan fingerprint density at radius 2 is 2.17 bits per heavy atom. The van der Waals surface area contributed by atoms with Gasteiger partial charge in [0.25, 0.3) is 0 Å². The Bertz CT molecular complexity index is 1140. The van der Waals surface area contributed by atoms with E-state index in [9.17, 15) is 24.9 Å². The lowest BCUT2D eigenvalue weighted by Gasteiger charge is -2.15. The Hall–Kier alpha value is -3.28. The number of aliphatic hydroxyl groups is 2. The lowest BCUT2D eigenvalue weighted by Crippen LogP contribution is -2.32. The summed E-state index contributed by atoms with van der Waals surface area (Å²) in [5.74, 6) is -1.13. The van der Waals surface area contributed by atoms with Crippen molar-refractivity contribution in [3.05, 3.63) is 52.1 Å². The van der Waals surface area contributed by atoms with Crippen LogP contribution in [0.1, 0.15) is 28.6 Å². The van der Waals surface area contributed by atoms with Gasteiger partial charge in [0.05, 0.1) is 31.0 Å². The second-order valence-corrected chi connectivity index (χ2v) is 6.82. The molecule has 0 aliphatic carbocycles. The number of rotatable bonds is 5. The number of imidazole rings is 1. The van der Waals surface area contributed by atoms with Gasteiger partial charge in [0.1, 0.15) is 11.6 Å². The average molecular weight is 401 g/mol. The monoisotopic (exact) mass is 401 g/mol. The summed E-state index contributed by atoms with van der Waals surface area (Å²) in [5, 5.41) is 28.9. The Morgan fingerprint density at radius 1 is 1.38 bits per heavy atom. The van der Waals surface area contributed by atoms with Crippen molar-refractivity contribution >= 4 is 23.1 Å². The van der Waals surface area contributed by atoms with Crippen LogP contribution in [0.2, 0.25) is 0 Å². The standard InChI is InChI=1S/C18H19N5O6/c19-17-20-6-12-14(21-17)23(15-13(25)5-11(8-24)29-15)18(28)22(12)7-9-2-1-3-10(4-9)16(26)27/h1-4,6,11,13,15,24-25H,5,7-8H2,(H,26,27)(H2,19,20,21)/t11-,13+,15+/m0/s1. The molecule has 11 nitrogen and oxygen atoms in total. The predicted octanol–water partition coefficient (Wildman–Crippen LogP) is -0.438. The number of anilines is 1. The first kappa shape index (κ1) is 19.1. The van der Waals surface area contributed by atoms with Gasteiger partial charge < -0.3 is 25.8 Å². The van der Waals surface area contributed by atoms with E-state index in [0.717, 1.165) is 0 Å². The van der Waals surface area contributed by atoms with Crippen LogP contribution >= 0.6 is 0 Å². The highest BCUT2D eigenvalue weighted by molar-refractivity contribution is 5.87. The number of nitrogens with zero attached hydrogens (tertiary/aromatic N) is 4. The van der Waals surface area contributed by atoms with Crippen molar-refractivity contribution in [2.75, 3.05) is 12.3 Å². The fraction of sp³-hybridized carbons (Fsp3) is 0.333. The van der Waals surface area contributed by atoms with Crippen LogP contribution in [0, 0.1) is 0 Å². The molecule has 0 radical (unpaired) electrons. The first-order chi connectivity index (χ1) is 13.9. The maximum atomic E-state index is 13.2. The van der Waals surface area contributed by atoms with Gasteiger partial charge >= 0.3 is 11.7 Å². The average Bonchev–Trinajstić information content (AvgIpc) is 3.19. The van der Waals surface area contributed by atoms with Crippen molar-refractivity contribution < 1.29 is 24.9 Å². The van der Waals surface area contributed by atoms with E-state index >= 15 is 0 Å². The van der Waals surface area contributed by atoms with Crippen molar-refractivity contribution in [2.45, 2.75) is 31.4 Å². The maximum absolute atomic E-state index is 13.2. The molecule has 0 bridgehead atoms. The van der Waals surface area contributed by atoms with E-state index in [2.05, 4.69) is 9.97 Å². The number of hydrogen-bond acceptors (Lipinski definition) is 8. The molecule has 29 heavy (non-hydrogen) atoms. The topological polar surface area (TPSA) is 166 Å². The molecule has 1 aliphatic rings. The highest BCUT2D eigenvalue weighted by Crippen LogP contribution is 2.30. The molecule has 0 saturated carbocycles. The number of carbonyl (C=O) groups is 1. The van der Waals surface area contributed by atoms with E-state index in [1.165, 1.54) is 27.5 Å². The third-order valence-corrected chi connectivity index (χ3v) is 4.86. The van der Waals surface area contributed by atoms with E-state index in [1.807, 2.05) is 0 Å². The van der Waals surface area contributed by atoms with Crippen LogP contribution in [0.5, 0.6) is 0 Å². The normalized spacial score (nSPS) is 21.7. The lowest BCUT2D eigenvalue weighted by molar-refractivity contribution is -0.0505. The summed E-state index contributed by atoms with van der Waals surface area (Å²) in [4.78, 5) is 32.5. The summed E-state index contributed by atoms with van der Waals surface area (Å²) in [6.07, 6.45) is -1.10. The largest absolute Gasteiger partial charge is 0.478 e. The van der Waals surface area contributed by atoms with Crippen LogP contribution in [0.15, 0.2) is 35.3 Å². The van der Waals surface area contributed by atoms with E-state index in [1.54, 1.807) is 12.1 Å². The number of carboxylic acid groups (broad SMARTS) is 1. The van der Waals surface area contributed by atoms with Crippen LogP contribution in [0.4, 0.5) is 5.95 Å². The van der Waals surface area contributed by atoms with Crippen LogP contribution in [-0.4, -0.2) is 59.2 Å². The third-order valence-electron chi connectivity index (χ3n) is 4.86. The molecule has 2 aromatic heterocycles. The van der Waals surface area contributed by atoms with Crippen molar-refractivity contribution in [1.29, 1.82) is 0 Å². The summed E-state index contributed by atoms with van der Waals surface area (Å²) in [7, 11) is 0. The number of carboxylic acids is 1. The van der Waals surface area contributed by atoms with Gasteiger partial charge in [0.15, 0.2) is 11.9 Å². The number of nitrogens with two attached hydrogens (primary N) is 1. The van der Waals surface area contributed by atoms with Gasteiger partial charge in [-0.25, -0.2) is 19.1 Å². The number of aliphatic hydroxyl groups excluding tert-OH is 2. The fourth-order valence-electron chi connectivity index (χ4n) is 3.52. The van der Waals surface area contributed by atoms with Gasteiger partial charge in [-0.3, -0.25) is 4.57 Å². The quantitative estimate of drug-likeness (QED) is 0.443. The molecule has 1 aromatic carbocycles. The highest BCUT2D eigenvalue weighted by Gasteiger charge is 2.37. The summed E-state index contributed by atoms with van der Waals surface area (Å²) in [6.45, 7) is -0.233. The minimum Gasteiger partial charge on any atom is -0.478 e. The van der Waals surface area contributed by atoms with Crippen LogP contribution in [0.3, 0.4) is 0 Å². The van der Waals surface area contributed by atoms with Gasteiger partial charge in [0, 0.05) is 6.42 Å². The number of fused-ring (bicyclic) bond motifs is 1. The Labute approximate surface area is 163 Å². The van der Waals surface area contributed by atoms with Crippen molar-refractivity contribution in [3.8, 4) is 0 Å². The van der Waals surface area contributed by atoms with E-state index in [0.29, 0.717) is 11.1 Å². The zero-order valence-corrected chi connectivity index (χ0v) is 15.2. The molecule has 1 saturated heterocycles. The molecule has 4 rings (SSSR count). The van der Waals surface area contributed by atoms with Crippen molar-refractivity contribution in [1.82, 2.24) is 19.1 Å². The first-order valence-electron chi connectivity index (χ1n) is 8.89. The summed E-state index contributed by atoms with van der Waals surface area (Å²) >= 11 is 0. The molecule has 3 heterocycles. The first-order valence-corrected chi connectivity index (χ1v) is 8.89. The molecule has 0 spiro atoms. The molecule has 0 unspecified atom stereocenters. The molecule has 0 amide bonds. The maximum Gasteiger partial charge on any atom is 0.335 e. The summed E-state index contributed by atoms with van der Waals surface area (Å²) in [5.41, 5.74) is 6.38. The van der Waals surface area contributed by atoms with Gasteiger partial charge in [-0.05, 0) is 17.7 Å². The third kappa shape index (κ3) is 3.35. The minimum atomic E-state index is -1.07. The Balaban J connectivity index is 1.84. The van der Waals surface area contributed by atoms with Gasteiger partial charge in [0.2, 0.25) is 5.95 Å². The zero-order valence-electron chi connectivity index (χ0n) is 15.2. The number of aromatic carboxylic acids is 1. The SMILES string of the molecule is Nc1ncc2c(n1)n([C@@H]1O[C@H](CO)C[C@H]1O)c(=O)n2Cc1cccc(C(=O)O)c1. The Morgan fingerprint density at radius 3 is 2.86 bits per heavy atom. The van der Waals surface area contributed by atoms with Crippen LogP contribution in [-0.2, 0) is 11.3 Å². The molecule has 3 atom stereocenters. The van der Waals surface area contributed by atoms with E-state index in [-0.39, 0.29) is 36.7 Å². The zero-order chi connectivity index (χ0) is 20.7. The van der Waals surface area contributed by atoms with E-state index in [4.69, 9.17) is 10.5 Å². The van der Waals surface area contributed by atoms with Crippen molar-refractivity contribution in [3.63, 3.8) is 0 Å². The lowest BCUT2D eigenvalue weighted by atomic mass is 10.1. The molecular formula is C18H19N5O6. The summed E-state index contributed by atoms with van der Waals surface area (Å²) < 4.78 is 8.17. The van der Waals surface area contributed by atoms with Gasteiger partial charge in [-0.15, -0.1) is 0 Å². The molecular weight excluding hydrogens is 382 g/mol. The number of benzene rings is 1. The Kier molecular flexibility index (Phi) is 4.78.